The Morgan fingerprint density at radius 2 is 1.56 bits per heavy atom. The molecule has 0 saturated carbocycles. The minimum absolute atomic E-state index is 0.0231. The third-order valence-electron chi connectivity index (χ3n) is 9.08. The molecule has 12 nitrogen and oxygen atoms in total. The van der Waals surface area contributed by atoms with Gasteiger partial charge >= 0.3 is 6.03 Å². The monoisotopic (exact) mass is 616 g/mol. The Hall–Kier alpha value is -4.84. The number of pyridine rings is 1. The van der Waals surface area contributed by atoms with Crippen LogP contribution in [0, 0.1) is 11.3 Å². The molecule has 45 heavy (non-hydrogen) atoms. The minimum atomic E-state index is -1.69. The summed E-state index contributed by atoms with van der Waals surface area (Å²) in [5, 5.41) is 2.48. The van der Waals surface area contributed by atoms with Crippen LogP contribution in [-0.4, -0.2) is 75.4 Å². The number of nitrogens with one attached hydrogen (secondary N) is 1. The Bertz CT molecular complexity index is 1680. The summed E-state index contributed by atoms with van der Waals surface area (Å²) in [5.41, 5.74) is 0.136. The number of carbonyl (C=O) groups is 3. The Morgan fingerprint density at radius 1 is 0.844 bits per heavy atom. The number of piperidine rings is 1. The molecule has 4 amide bonds. The zero-order valence-corrected chi connectivity index (χ0v) is 25.7. The minimum Gasteiger partial charge on any atom is -0.497 e. The van der Waals surface area contributed by atoms with Crippen LogP contribution in [0.5, 0.6) is 23.0 Å². The van der Waals surface area contributed by atoms with Gasteiger partial charge in [-0.1, -0.05) is 6.07 Å². The highest BCUT2D eigenvalue weighted by Crippen LogP contribution is 2.43. The topological polar surface area (TPSA) is 129 Å². The lowest BCUT2D eigenvalue weighted by Gasteiger charge is -2.47. The van der Waals surface area contributed by atoms with Crippen molar-refractivity contribution in [2.24, 2.45) is 11.3 Å². The van der Waals surface area contributed by atoms with Crippen LogP contribution in [0.3, 0.4) is 0 Å². The zero-order chi connectivity index (χ0) is 31.9. The van der Waals surface area contributed by atoms with Crippen LogP contribution >= 0.6 is 0 Å². The number of imide groups is 2. The van der Waals surface area contributed by atoms with E-state index in [9.17, 15) is 19.2 Å². The second kappa shape index (κ2) is 11.9. The highest BCUT2D eigenvalue weighted by molar-refractivity contribution is 6.30. The number of hydrogen-bond donors (Lipinski definition) is 1. The smallest absolute Gasteiger partial charge is 0.335 e. The Balaban J connectivity index is 1.42. The van der Waals surface area contributed by atoms with Gasteiger partial charge in [0, 0.05) is 43.9 Å². The number of fused-ring (bicyclic) bond motifs is 4. The molecule has 0 spiro atoms. The maximum absolute atomic E-state index is 14.7. The predicted octanol–water partition coefficient (Wildman–Crippen LogP) is 2.81. The lowest BCUT2D eigenvalue weighted by atomic mass is 9.75. The fourth-order valence-electron chi connectivity index (χ4n) is 7.09. The summed E-state index contributed by atoms with van der Waals surface area (Å²) in [6, 6.07) is 14.4. The second-order valence-electron chi connectivity index (χ2n) is 11.8. The van der Waals surface area contributed by atoms with Crippen LogP contribution in [-0.2, 0) is 22.6 Å². The number of barbiturate groups is 1. The van der Waals surface area contributed by atoms with Gasteiger partial charge in [-0.2, -0.15) is 0 Å². The van der Waals surface area contributed by atoms with Crippen molar-refractivity contribution in [1.29, 1.82) is 0 Å². The summed E-state index contributed by atoms with van der Waals surface area (Å²) in [6.07, 6.45) is 0.868. The SMILES string of the molecule is COc1ccc(N2C(=O)NC(=O)[C@](Cc3cc(OC)c(OC)c(OC)c3)(CN3C[C@@H]4C[C@@H](C3)c3cccc(=O)n3C4)C2=O)cc1. The Labute approximate surface area is 260 Å². The Morgan fingerprint density at radius 3 is 2.20 bits per heavy atom. The predicted molar refractivity (Wildman–Crippen MR) is 164 cm³/mol. The first-order chi connectivity index (χ1) is 21.7. The molecule has 3 aliphatic rings. The number of nitrogens with zero attached hydrogens (tertiary/aromatic N) is 3. The van der Waals surface area contributed by atoms with Crippen LogP contribution in [0.4, 0.5) is 10.5 Å². The van der Waals surface area contributed by atoms with Crippen LogP contribution in [0.15, 0.2) is 59.4 Å². The summed E-state index contributed by atoms with van der Waals surface area (Å²) in [5.74, 6) is 0.603. The van der Waals surface area contributed by atoms with E-state index in [-0.39, 0.29) is 30.4 Å². The lowest BCUT2D eigenvalue weighted by molar-refractivity contribution is -0.144. The van der Waals surface area contributed by atoms with Crippen molar-refractivity contribution in [3.63, 3.8) is 0 Å². The van der Waals surface area contributed by atoms with Crippen molar-refractivity contribution in [3.8, 4) is 23.0 Å². The average Bonchev–Trinajstić information content (AvgIpc) is 3.04. The van der Waals surface area contributed by atoms with Gasteiger partial charge in [-0.25, -0.2) is 9.69 Å². The molecule has 4 heterocycles. The van der Waals surface area contributed by atoms with Gasteiger partial charge in [0.25, 0.3) is 11.5 Å². The molecule has 2 saturated heterocycles. The van der Waals surface area contributed by atoms with E-state index in [4.69, 9.17) is 18.9 Å². The number of carbonyl (C=O) groups excluding carboxylic acids is 3. The average molecular weight is 617 g/mol. The number of hydrogen-bond acceptors (Lipinski definition) is 9. The molecule has 2 bridgehead atoms. The van der Waals surface area contributed by atoms with E-state index in [1.165, 1.54) is 28.4 Å². The standard InChI is InChI=1S/C33H36N4O8/c1-42-24-10-8-23(9-11-24)37-31(40)33(30(39)34-32(37)41,15-20-13-26(43-2)29(45-4)27(14-20)44-3)19-35-16-21-12-22(18-35)25-6-5-7-28(38)36(25)17-21/h5-11,13-14,21-22H,12,15-19H2,1-4H3,(H,34,39,41)/t21-,22-,33-/m0/s1. The van der Waals surface area contributed by atoms with Crippen molar-refractivity contribution in [1.82, 2.24) is 14.8 Å². The summed E-state index contributed by atoms with van der Waals surface area (Å²) >= 11 is 0. The molecule has 0 radical (unpaired) electrons. The maximum Gasteiger partial charge on any atom is 0.335 e. The van der Waals surface area contributed by atoms with Gasteiger partial charge in [-0.05, 0) is 66.8 Å². The summed E-state index contributed by atoms with van der Waals surface area (Å²) < 4.78 is 23.7. The molecular formula is C33H36N4O8. The summed E-state index contributed by atoms with van der Waals surface area (Å²) in [4.78, 5) is 57.7. The number of benzene rings is 2. The summed E-state index contributed by atoms with van der Waals surface area (Å²) in [7, 11) is 6.01. The molecule has 3 aromatic rings. The number of urea groups is 1. The quantitative estimate of drug-likeness (QED) is 0.361. The van der Waals surface area contributed by atoms with E-state index in [1.54, 1.807) is 48.5 Å². The van der Waals surface area contributed by atoms with Gasteiger partial charge in [-0.15, -0.1) is 0 Å². The van der Waals surface area contributed by atoms with E-state index < -0.39 is 23.3 Å². The van der Waals surface area contributed by atoms with Crippen LogP contribution in [0.2, 0.25) is 0 Å². The van der Waals surface area contributed by atoms with E-state index in [0.29, 0.717) is 53.9 Å². The molecule has 3 aliphatic heterocycles. The molecule has 0 aliphatic carbocycles. The fourth-order valence-corrected chi connectivity index (χ4v) is 7.09. The van der Waals surface area contributed by atoms with Gasteiger partial charge < -0.3 is 28.4 Å². The third-order valence-corrected chi connectivity index (χ3v) is 9.08. The van der Waals surface area contributed by atoms with E-state index >= 15 is 0 Å². The first-order valence-electron chi connectivity index (χ1n) is 14.8. The zero-order valence-electron chi connectivity index (χ0n) is 25.7. The van der Waals surface area contributed by atoms with Gasteiger partial charge in [0.05, 0.1) is 34.1 Å². The van der Waals surface area contributed by atoms with E-state index in [2.05, 4.69) is 10.2 Å². The molecule has 2 fully saturated rings. The van der Waals surface area contributed by atoms with Crippen molar-refractivity contribution in [2.45, 2.75) is 25.3 Å². The molecule has 12 heteroatoms. The molecule has 2 aromatic carbocycles. The Kier molecular flexibility index (Phi) is 8.00. The number of likely N-dealkylation sites (tertiary alicyclic amines) is 1. The number of aromatic nitrogens is 1. The number of ether oxygens (including phenoxy) is 4. The molecule has 0 unspecified atom stereocenters. The lowest BCUT2D eigenvalue weighted by Crippen LogP contribution is -2.68. The van der Waals surface area contributed by atoms with Crippen LogP contribution in [0.25, 0.3) is 0 Å². The van der Waals surface area contributed by atoms with Crippen LogP contribution < -0.4 is 34.7 Å². The largest absolute Gasteiger partial charge is 0.497 e. The number of amides is 4. The summed E-state index contributed by atoms with van der Waals surface area (Å²) in [6.45, 7) is 1.76. The molecule has 236 valence electrons. The molecule has 1 N–H and O–H groups in total. The second-order valence-corrected chi connectivity index (χ2v) is 11.8. The highest BCUT2D eigenvalue weighted by atomic mass is 16.5. The third kappa shape index (κ3) is 5.28. The van der Waals surface area contributed by atoms with E-state index in [1.807, 2.05) is 10.6 Å². The molecule has 6 rings (SSSR count). The van der Waals surface area contributed by atoms with Gasteiger partial charge in [0.15, 0.2) is 11.5 Å². The normalized spacial score (nSPS) is 22.8. The number of anilines is 1. The van der Waals surface area contributed by atoms with Gasteiger partial charge in [0.2, 0.25) is 11.7 Å². The van der Waals surface area contributed by atoms with Gasteiger partial charge in [0.1, 0.15) is 11.2 Å². The van der Waals surface area contributed by atoms with Crippen molar-refractivity contribution in [3.05, 3.63) is 76.2 Å². The number of methoxy groups -OCH3 is 4. The van der Waals surface area contributed by atoms with Crippen molar-refractivity contribution in [2.75, 3.05) is 53.0 Å². The first-order valence-corrected chi connectivity index (χ1v) is 14.8. The van der Waals surface area contributed by atoms with Crippen molar-refractivity contribution < 1.29 is 33.3 Å². The van der Waals surface area contributed by atoms with Gasteiger partial charge in [-0.3, -0.25) is 19.7 Å². The molecular weight excluding hydrogens is 580 g/mol. The number of rotatable bonds is 9. The van der Waals surface area contributed by atoms with E-state index in [0.717, 1.165) is 17.0 Å². The van der Waals surface area contributed by atoms with Crippen molar-refractivity contribution >= 4 is 23.5 Å². The molecule has 3 atom stereocenters. The van der Waals surface area contributed by atoms with Crippen LogP contribution in [0.1, 0.15) is 23.6 Å². The maximum atomic E-state index is 14.7. The molecule has 1 aromatic heterocycles. The fraction of sp³-hybridized carbons (Fsp3) is 0.394. The highest BCUT2D eigenvalue weighted by Gasteiger charge is 2.56. The first kappa shape index (κ1) is 30.2.